The zero-order valence-corrected chi connectivity index (χ0v) is 9.96. The summed E-state index contributed by atoms with van der Waals surface area (Å²) in [5, 5.41) is 0. The van der Waals surface area contributed by atoms with Crippen LogP contribution in [0.1, 0.15) is 18.9 Å². The highest BCUT2D eigenvalue weighted by molar-refractivity contribution is 9.10. The molecule has 0 aliphatic carbocycles. The lowest BCUT2D eigenvalue weighted by molar-refractivity contribution is 0.106. The Hall–Kier alpha value is -0.380. The summed E-state index contributed by atoms with van der Waals surface area (Å²) < 4.78 is 6.59. The summed E-state index contributed by atoms with van der Waals surface area (Å²) in [6, 6.07) is 8.20. The zero-order chi connectivity index (χ0) is 10.4. The van der Waals surface area contributed by atoms with Crippen molar-refractivity contribution in [3.8, 4) is 0 Å². The van der Waals surface area contributed by atoms with Crippen LogP contribution in [0.4, 0.5) is 0 Å². The highest BCUT2D eigenvalue weighted by atomic mass is 79.9. The number of ether oxygens (including phenoxy) is 1. The Labute approximate surface area is 93.6 Å². The van der Waals surface area contributed by atoms with Crippen LogP contribution in [0.5, 0.6) is 0 Å². The third kappa shape index (κ3) is 3.78. The number of nitrogens with two attached hydrogens (primary N) is 1. The smallest absolute Gasteiger partial charge is 0.0728 e. The molecule has 0 radical (unpaired) electrons. The van der Waals surface area contributed by atoms with Gasteiger partial charge in [0.25, 0.3) is 0 Å². The second-order valence-corrected chi connectivity index (χ2v) is 4.13. The maximum atomic E-state index is 5.74. The van der Waals surface area contributed by atoms with Crippen molar-refractivity contribution in [1.29, 1.82) is 0 Å². The molecule has 0 aromatic heterocycles. The second kappa shape index (κ2) is 6.17. The van der Waals surface area contributed by atoms with Gasteiger partial charge in [-0.2, -0.15) is 0 Å². The van der Waals surface area contributed by atoms with Crippen LogP contribution in [0.3, 0.4) is 0 Å². The lowest BCUT2D eigenvalue weighted by Crippen LogP contribution is -2.24. The molecule has 0 fully saturated rings. The minimum Gasteiger partial charge on any atom is -0.375 e. The van der Waals surface area contributed by atoms with Gasteiger partial charge in [-0.05, 0) is 18.1 Å². The number of halogens is 1. The Morgan fingerprint density at radius 3 is 2.79 bits per heavy atom. The lowest BCUT2D eigenvalue weighted by atomic mass is 10.2. The van der Waals surface area contributed by atoms with Crippen molar-refractivity contribution in [2.75, 3.05) is 6.61 Å². The van der Waals surface area contributed by atoms with Gasteiger partial charge >= 0.3 is 0 Å². The number of hydrogen-bond donors (Lipinski definition) is 1. The van der Waals surface area contributed by atoms with Gasteiger partial charge in [0.2, 0.25) is 0 Å². The maximum Gasteiger partial charge on any atom is 0.0728 e. The Morgan fingerprint density at radius 1 is 1.43 bits per heavy atom. The fourth-order valence-electron chi connectivity index (χ4n) is 1.05. The Morgan fingerprint density at radius 2 is 2.14 bits per heavy atom. The van der Waals surface area contributed by atoms with Crippen molar-refractivity contribution in [1.82, 2.24) is 0 Å². The molecule has 2 nitrogen and oxygen atoms in total. The number of rotatable bonds is 5. The molecule has 3 heteroatoms. The average molecular weight is 258 g/mol. The molecule has 0 saturated heterocycles. The van der Waals surface area contributed by atoms with Gasteiger partial charge in [0.1, 0.15) is 0 Å². The van der Waals surface area contributed by atoms with Crippen molar-refractivity contribution >= 4 is 15.9 Å². The van der Waals surface area contributed by atoms with E-state index < -0.39 is 0 Å². The van der Waals surface area contributed by atoms with Crippen LogP contribution < -0.4 is 5.73 Å². The minimum atomic E-state index is 0.150. The van der Waals surface area contributed by atoms with Crippen LogP contribution in [0.15, 0.2) is 28.7 Å². The van der Waals surface area contributed by atoms with Crippen molar-refractivity contribution in [2.24, 2.45) is 5.73 Å². The summed E-state index contributed by atoms with van der Waals surface area (Å²) in [5.74, 6) is 0. The second-order valence-electron chi connectivity index (χ2n) is 3.27. The molecule has 1 atom stereocenters. The van der Waals surface area contributed by atoms with Gasteiger partial charge in [-0.15, -0.1) is 0 Å². The van der Waals surface area contributed by atoms with Crippen LogP contribution in [0.2, 0.25) is 0 Å². The van der Waals surface area contributed by atoms with Crippen LogP contribution in [0, 0.1) is 0 Å². The van der Waals surface area contributed by atoms with Gasteiger partial charge < -0.3 is 10.5 Å². The monoisotopic (exact) mass is 257 g/mol. The van der Waals surface area contributed by atoms with Crippen LogP contribution in [0.25, 0.3) is 0 Å². The average Bonchev–Trinajstić information content (AvgIpc) is 2.20. The van der Waals surface area contributed by atoms with Gasteiger partial charge in [0.15, 0.2) is 0 Å². The topological polar surface area (TPSA) is 35.2 Å². The molecule has 1 rings (SSSR count). The standard InChI is InChI=1S/C11H16BrNO/c1-2-10(13)8-14-7-9-5-3-4-6-11(9)12/h3-6,10H,2,7-8,13H2,1H3/t10-/m1/s1. The molecule has 0 amide bonds. The molecule has 0 spiro atoms. The van der Waals surface area contributed by atoms with E-state index in [0.29, 0.717) is 13.2 Å². The number of benzene rings is 1. The van der Waals surface area contributed by atoms with Gasteiger partial charge in [-0.25, -0.2) is 0 Å². The van der Waals surface area contributed by atoms with Gasteiger partial charge in [-0.1, -0.05) is 41.1 Å². The molecule has 1 aromatic rings. The van der Waals surface area contributed by atoms with E-state index in [1.165, 1.54) is 0 Å². The summed E-state index contributed by atoms with van der Waals surface area (Å²) in [5.41, 5.74) is 6.90. The first-order valence-electron chi connectivity index (χ1n) is 4.80. The molecule has 2 N–H and O–H groups in total. The zero-order valence-electron chi connectivity index (χ0n) is 8.37. The van der Waals surface area contributed by atoms with E-state index >= 15 is 0 Å². The summed E-state index contributed by atoms with van der Waals surface area (Å²) in [6.07, 6.45) is 0.954. The summed E-state index contributed by atoms with van der Waals surface area (Å²) in [7, 11) is 0. The predicted octanol–water partition coefficient (Wildman–Crippen LogP) is 2.70. The minimum absolute atomic E-state index is 0.150. The van der Waals surface area contributed by atoms with Crippen molar-refractivity contribution < 1.29 is 4.74 Å². The van der Waals surface area contributed by atoms with Crippen molar-refractivity contribution in [2.45, 2.75) is 26.0 Å². The fourth-order valence-corrected chi connectivity index (χ4v) is 1.45. The van der Waals surface area contributed by atoms with E-state index in [9.17, 15) is 0 Å². The molecule has 0 aliphatic rings. The first kappa shape index (κ1) is 11.7. The quantitative estimate of drug-likeness (QED) is 0.881. The third-order valence-electron chi connectivity index (χ3n) is 2.07. The van der Waals surface area contributed by atoms with Crippen molar-refractivity contribution in [3.05, 3.63) is 34.3 Å². The molecule has 0 bridgehead atoms. The van der Waals surface area contributed by atoms with Gasteiger partial charge in [-0.3, -0.25) is 0 Å². The first-order valence-corrected chi connectivity index (χ1v) is 5.60. The van der Waals surface area contributed by atoms with Crippen LogP contribution in [-0.4, -0.2) is 12.6 Å². The SMILES string of the molecule is CC[C@@H](N)COCc1ccccc1Br. The molecule has 1 aromatic carbocycles. The van der Waals surface area contributed by atoms with E-state index in [1.807, 2.05) is 24.3 Å². The first-order chi connectivity index (χ1) is 6.74. The Balaban J connectivity index is 2.35. The molecule has 78 valence electrons. The van der Waals surface area contributed by atoms with Crippen LogP contribution in [-0.2, 0) is 11.3 Å². The van der Waals surface area contributed by atoms with E-state index in [1.54, 1.807) is 0 Å². The Kier molecular flexibility index (Phi) is 5.15. The lowest BCUT2D eigenvalue weighted by Gasteiger charge is -2.10. The third-order valence-corrected chi connectivity index (χ3v) is 2.85. The Bertz CT molecular complexity index is 278. The summed E-state index contributed by atoms with van der Waals surface area (Å²) >= 11 is 3.47. The van der Waals surface area contributed by atoms with E-state index in [2.05, 4.69) is 22.9 Å². The predicted molar refractivity (Wildman–Crippen MR) is 62.1 cm³/mol. The normalized spacial score (nSPS) is 12.8. The van der Waals surface area contributed by atoms with Crippen molar-refractivity contribution in [3.63, 3.8) is 0 Å². The molecular formula is C11H16BrNO. The van der Waals surface area contributed by atoms with Crippen LogP contribution >= 0.6 is 15.9 Å². The molecule has 0 saturated carbocycles. The van der Waals surface area contributed by atoms with E-state index in [-0.39, 0.29) is 6.04 Å². The molecular weight excluding hydrogens is 242 g/mol. The highest BCUT2D eigenvalue weighted by Crippen LogP contribution is 2.16. The van der Waals surface area contributed by atoms with Gasteiger partial charge in [0.05, 0.1) is 13.2 Å². The maximum absolute atomic E-state index is 5.74. The molecule has 14 heavy (non-hydrogen) atoms. The highest BCUT2D eigenvalue weighted by Gasteiger charge is 2.01. The molecule has 0 heterocycles. The largest absolute Gasteiger partial charge is 0.375 e. The van der Waals surface area contributed by atoms with E-state index in [0.717, 1.165) is 16.5 Å². The number of hydrogen-bond acceptors (Lipinski definition) is 2. The molecule has 0 unspecified atom stereocenters. The fraction of sp³-hybridized carbons (Fsp3) is 0.455. The van der Waals surface area contributed by atoms with E-state index in [4.69, 9.17) is 10.5 Å². The van der Waals surface area contributed by atoms with Gasteiger partial charge in [0, 0.05) is 10.5 Å². The summed E-state index contributed by atoms with van der Waals surface area (Å²) in [6.45, 7) is 3.30. The molecule has 0 aliphatic heterocycles. The summed E-state index contributed by atoms with van der Waals surface area (Å²) in [4.78, 5) is 0.